The molecule has 23 heavy (non-hydrogen) atoms. The van der Waals surface area contributed by atoms with Crippen molar-refractivity contribution in [3.63, 3.8) is 0 Å². The van der Waals surface area contributed by atoms with Crippen LogP contribution < -0.4 is 5.32 Å². The Morgan fingerprint density at radius 3 is 2.30 bits per heavy atom. The zero-order chi connectivity index (χ0) is 17.4. The Morgan fingerprint density at radius 1 is 1.09 bits per heavy atom. The molecule has 6 heteroatoms. The molecule has 0 unspecified atom stereocenters. The molecule has 0 fully saturated rings. The Bertz CT molecular complexity index is 519. The number of nitrogens with zero attached hydrogens (tertiary/aromatic N) is 2. The van der Waals surface area contributed by atoms with E-state index in [0.717, 1.165) is 19.6 Å². The number of benzene rings is 1. The van der Waals surface area contributed by atoms with E-state index in [1.54, 1.807) is 11.8 Å². The van der Waals surface area contributed by atoms with E-state index < -0.39 is 11.6 Å². The lowest BCUT2D eigenvalue weighted by Crippen LogP contribution is -2.43. The van der Waals surface area contributed by atoms with Gasteiger partial charge in [0.25, 0.3) is 0 Å². The lowest BCUT2D eigenvalue weighted by molar-refractivity contribution is 0.187. The molecule has 0 bridgehead atoms. The van der Waals surface area contributed by atoms with Gasteiger partial charge in [-0.25, -0.2) is 13.6 Å². The number of likely N-dealkylation sites (N-methyl/N-ethyl adjacent to an activating group) is 2. The van der Waals surface area contributed by atoms with Gasteiger partial charge in [0.2, 0.25) is 0 Å². The highest BCUT2D eigenvalue weighted by Crippen LogP contribution is 2.16. The number of urea groups is 1. The van der Waals surface area contributed by atoms with E-state index in [-0.39, 0.29) is 18.1 Å². The van der Waals surface area contributed by atoms with Gasteiger partial charge in [0.05, 0.1) is 6.54 Å². The van der Waals surface area contributed by atoms with Gasteiger partial charge in [0, 0.05) is 25.2 Å². The zero-order valence-electron chi connectivity index (χ0n) is 14.5. The van der Waals surface area contributed by atoms with Gasteiger partial charge in [-0.15, -0.1) is 0 Å². The minimum absolute atomic E-state index is 0.0989. The standard InChI is InChI=1S/C17H27F2N3O/c1-5-21(6-2)10-11-22(7-3)17(23)20-12-14-15(18)9-8-13(4)16(14)19/h8-9H,5-7,10-12H2,1-4H3,(H,20,23). The summed E-state index contributed by atoms with van der Waals surface area (Å²) in [6, 6.07) is 2.30. The van der Waals surface area contributed by atoms with Crippen molar-refractivity contribution in [1.82, 2.24) is 15.1 Å². The summed E-state index contributed by atoms with van der Waals surface area (Å²) >= 11 is 0. The van der Waals surface area contributed by atoms with Crippen molar-refractivity contribution in [2.45, 2.75) is 34.2 Å². The molecule has 0 atom stereocenters. The fourth-order valence-electron chi connectivity index (χ4n) is 2.36. The number of halogens is 2. The van der Waals surface area contributed by atoms with Crippen molar-refractivity contribution in [1.29, 1.82) is 0 Å². The lowest BCUT2D eigenvalue weighted by Gasteiger charge is -2.25. The average Bonchev–Trinajstić information content (AvgIpc) is 2.55. The summed E-state index contributed by atoms with van der Waals surface area (Å²) in [5, 5.41) is 2.61. The highest BCUT2D eigenvalue weighted by atomic mass is 19.1. The van der Waals surface area contributed by atoms with Crippen molar-refractivity contribution in [3.05, 3.63) is 34.9 Å². The molecule has 4 nitrogen and oxygen atoms in total. The molecule has 2 amide bonds. The fraction of sp³-hybridized carbons (Fsp3) is 0.588. The summed E-state index contributed by atoms with van der Waals surface area (Å²) in [5.41, 5.74) is 0.266. The Hall–Kier alpha value is -1.69. The van der Waals surface area contributed by atoms with Crippen molar-refractivity contribution < 1.29 is 13.6 Å². The first-order valence-electron chi connectivity index (χ1n) is 8.13. The minimum atomic E-state index is -0.639. The molecule has 1 N–H and O–H groups in total. The maximum Gasteiger partial charge on any atom is 0.317 e. The van der Waals surface area contributed by atoms with E-state index in [1.807, 2.05) is 6.92 Å². The Kier molecular flexibility index (Phi) is 7.95. The Balaban J connectivity index is 2.62. The van der Waals surface area contributed by atoms with Gasteiger partial charge in [0.1, 0.15) is 11.6 Å². The van der Waals surface area contributed by atoms with Crippen molar-refractivity contribution in [2.24, 2.45) is 0 Å². The zero-order valence-corrected chi connectivity index (χ0v) is 14.5. The number of nitrogens with one attached hydrogen (secondary N) is 1. The number of carbonyl (C=O) groups is 1. The van der Waals surface area contributed by atoms with Gasteiger partial charge in [-0.05, 0) is 38.6 Å². The number of hydrogen-bond donors (Lipinski definition) is 1. The van der Waals surface area contributed by atoms with Crippen LogP contribution in [0.5, 0.6) is 0 Å². The summed E-state index contributed by atoms with van der Waals surface area (Å²) < 4.78 is 27.6. The van der Waals surface area contributed by atoms with Crippen LogP contribution in [0.25, 0.3) is 0 Å². The molecule has 130 valence electrons. The maximum absolute atomic E-state index is 13.9. The molecule has 0 aliphatic rings. The van der Waals surface area contributed by atoms with Gasteiger partial charge in [-0.3, -0.25) is 0 Å². The highest BCUT2D eigenvalue weighted by molar-refractivity contribution is 5.74. The molecule has 0 saturated heterocycles. The van der Waals surface area contributed by atoms with E-state index in [4.69, 9.17) is 0 Å². The van der Waals surface area contributed by atoms with Crippen LogP contribution >= 0.6 is 0 Å². The normalized spacial score (nSPS) is 10.9. The molecule has 1 aromatic rings. The molecule has 0 spiro atoms. The van der Waals surface area contributed by atoms with Gasteiger partial charge in [-0.2, -0.15) is 0 Å². The molecular weight excluding hydrogens is 300 g/mol. The summed E-state index contributed by atoms with van der Waals surface area (Å²) in [7, 11) is 0. The van der Waals surface area contributed by atoms with Crippen LogP contribution in [0.15, 0.2) is 12.1 Å². The Morgan fingerprint density at radius 2 is 1.74 bits per heavy atom. The fourth-order valence-corrected chi connectivity index (χ4v) is 2.36. The Labute approximate surface area is 137 Å². The number of hydrogen-bond acceptors (Lipinski definition) is 2. The van der Waals surface area contributed by atoms with Crippen LogP contribution in [0.2, 0.25) is 0 Å². The molecule has 0 radical (unpaired) electrons. The summed E-state index contributed by atoms with van der Waals surface area (Å²) in [5.74, 6) is -1.24. The molecule has 0 aliphatic carbocycles. The minimum Gasteiger partial charge on any atom is -0.334 e. The van der Waals surface area contributed by atoms with Crippen LogP contribution in [0.4, 0.5) is 13.6 Å². The predicted octanol–water partition coefficient (Wildman–Crippen LogP) is 3.15. The number of carbonyl (C=O) groups excluding carboxylic acids is 1. The van der Waals surface area contributed by atoms with Gasteiger partial charge >= 0.3 is 6.03 Å². The molecule has 1 rings (SSSR count). The third kappa shape index (κ3) is 5.46. The summed E-state index contributed by atoms with van der Waals surface area (Å²) in [4.78, 5) is 16.1. The number of amides is 2. The van der Waals surface area contributed by atoms with Crippen molar-refractivity contribution >= 4 is 6.03 Å². The molecule has 0 heterocycles. The first-order chi connectivity index (χ1) is 10.9. The number of aryl methyl sites for hydroxylation is 1. The van der Waals surface area contributed by atoms with Crippen LogP contribution in [0.3, 0.4) is 0 Å². The molecule has 0 saturated carbocycles. The van der Waals surface area contributed by atoms with Gasteiger partial charge < -0.3 is 15.1 Å². The van der Waals surface area contributed by atoms with Crippen molar-refractivity contribution in [2.75, 3.05) is 32.7 Å². The molecule has 0 aliphatic heterocycles. The maximum atomic E-state index is 13.9. The summed E-state index contributed by atoms with van der Waals surface area (Å²) in [6.07, 6.45) is 0. The van der Waals surface area contributed by atoms with Crippen LogP contribution in [-0.4, -0.2) is 48.6 Å². The van der Waals surface area contributed by atoms with E-state index in [0.29, 0.717) is 18.7 Å². The van der Waals surface area contributed by atoms with Crippen LogP contribution in [0.1, 0.15) is 31.9 Å². The second-order valence-corrected chi connectivity index (χ2v) is 5.42. The van der Waals surface area contributed by atoms with E-state index in [1.165, 1.54) is 12.1 Å². The quantitative estimate of drug-likeness (QED) is 0.796. The van der Waals surface area contributed by atoms with Crippen LogP contribution in [-0.2, 0) is 6.54 Å². The van der Waals surface area contributed by atoms with Crippen LogP contribution in [0, 0.1) is 18.6 Å². The van der Waals surface area contributed by atoms with Crippen molar-refractivity contribution in [3.8, 4) is 0 Å². The van der Waals surface area contributed by atoms with E-state index in [2.05, 4.69) is 24.1 Å². The molecule has 0 aromatic heterocycles. The van der Waals surface area contributed by atoms with Gasteiger partial charge in [0.15, 0.2) is 0 Å². The summed E-state index contributed by atoms with van der Waals surface area (Å²) in [6.45, 7) is 11.2. The third-order valence-corrected chi connectivity index (χ3v) is 4.05. The van der Waals surface area contributed by atoms with Gasteiger partial charge in [-0.1, -0.05) is 19.9 Å². The SMILES string of the molecule is CCN(CC)CCN(CC)C(=O)NCc1c(F)ccc(C)c1F. The largest absolute Gasteiger partial charge is 0.334 e. The smallest absolute Gasteiger partial charge is 0.317 e. The highest BCUT2D eigenvalue weighted by Gasteiger charge is 2.16. The van der Waals surface area contributed by atoms with E-state index in [9.17, 15) is 13.6 Å². The first-order valence-corrected chi connectivity index (χ1v) is 8.13. The van der Waals surface area contributed by atoms with E-state index >= 15 is 0 Å². The second-order valence-electron chi connectivity index (χ2n) is 5.42. The predicted molar refractivity (Wildman–Crippen MR) is 88.4 cm³/mol. The average molecular weight is 327 g/mol. The number of rotatable bonds is 8. The lowest BCUT2D eigenvalue weighted by atomic mass is 10.1. The molecular formula is C17H27F2N3O. The topological polar surface area (TPSA) is 35.6 Å². The second kappa shape index (κ2) is 9.45. The molecule has 1 aromatic carbocycles. The third-order valence-electron chi connectivity index (χ3n) is 4.05. The first kappa shape index (κ1) is 19.4. The monoisotopic (exact) mass is 327 g/mol.